The summed E-state index contributed by atoms with van der Waals surface area (Å²) in [5, 5.41) is 12.4. The van der Waals surface area contributed by atoms with E-state index in [9.17, 15) is 18.3 Å². The molecule has 0 radical (unpaired) electrons. The summed E-state index contributed by atoms with van der Waals surface area (Å²) >= 11 is 0. The molecule has 1 aliphatic heterocycles. The van der Waals surface area contributed by atoms with Crippen LogP contribution in [0.1, 0.15) is 25.3 Å². The van der Waals surface area contributed by atoms with Gasteiger partial charge in [0.25, 0.3) is 0 Å². The van der Waals surface area contributed by atoms with Gasteiger partial charge in [-0.1, -0.05) is 24.6 Å². The Kier molecular flexibility index (Phi) is 7.02. The zero-order valence-electron chi connectivity index (χ0n) is 15.3. The first kappa shape index (κ1) is 20.7. The number of ether oxygens (including phenoxy) is 1. The van der Waals surface area contributed by atoms with Crippen LogP contribution in [0.3, 0.4) is 0 Å². The number of sulfonamides is 1. The van der Waals surface area contributed by atoms with Gasteiger partial charge in [-0.15, -0.1) is 0 Å². The number of benzene rings is 1. The number of rotatable bonds is 8. The summed E-state index contributed by atoms with van der Waals surface area (Å²) in [5.41, 5.74) is 1.13. The van der Waals surface area contributed by atoms with Crippen LogP contribution in [0.2, 0.25) is 0 Å². The first-order chi connectivity index (χ1) is 12.3. The van der Waals surface area contributed by atoms with Crippen LogP contribution in [0.25, 0.3) is 0 Å². The highest BCUT2D eigenvalue weighted by molar-refractivity contribution is 7.92. The van der Waals surface area contributed by atoms with Crippen molar-refractivity contribution in [1.29, 1.82) is 0 Å². The van der Waals surface area contributed by atoms with Crippen molar-refractivity contribution < 1.29 is 23.1 Å². The fourth-order valence-electron chi connectivity index (χ4n) is 2.89. The number of amides is 1. The third-order valence-electron chi connectivity index (χ3n) is 4.77. The maximum atomic E-state index is 12.3. The van der Waals surface area contributed by atoms with Crippen LogP contribution in [-0.2, 0) is 19.6 Å². The van der Waals surface area contributed by atoms with Crippen LogP contribution >= 0.6 is 0 Å². The van der Waals surface area contributed by atoms with Crippen LogP contribution in [0, 0.1) is 18.3 Å². The van der Waals surface area contributed by atoms with Crippen molar-refractivity contribution >= 4 is 21.6 Å². The zero-order chi connectivity index (χ0) is 19.2. The van der Waals surface area contributed by atoms with Gasteiger partial charge in [0.1, 0.15) is 0 Å². The lowest BCUT2D eigenvalue weighted by Crippen LogP contribution is -2.45. The SMILES string of the molecule is Cc1ccc(NS(=O)(=O)CC(C)C(=O)NCC2(CO)CCOCC2)cc1. The minimum absolute atomic E-state index is 0.0295. The monoisotopic (exact) mass is 384 g/mol. The third kappa shape index (κ3) is 5.96. The molecule has 1 aromatic carbocycles. The van der Waals surface area contributed by atoms with Crippen molar-refractivity contribution in [3.63, 3.8) is 0 Å². The summed E-state index contributed by atoms with van der Waals surface area (Å²) in [6, 6.07) is 7.01. The number of carbonyl (C=O) groups excluding carboxylic acids is 1. The molecule has 0 spiro atoms. The largest absolute Gasteiger partial charge is 0.396 e. The van der Waals surface area contributed by atoms with E-state index < -0.39 is 15.9 Å². The lowest BCUT2D eigenvalue weighted by molar-refractivity contribution is -0.125. The molecule has 0 bridgehead atoms. The minimum Gasteiger partial charge on any atom is -0.396 e. The molecule has 0 aromatic heterocycles. The highest BCUT2D eigenvalue weighted by atomic mass is 32.2. The van der Waals surface area contributed by atoms with Gasteiger partial charge in [0.15, 0.2) is 0 Å². The van der Waals surface area contributed by atoms with Crippen molar-refractivity contribution in [3.05, 3.63) is 29.8 Å². The van der Waals surface area contributed by atoms with Gasteiger partial charge in [0.2, 0.25) is 15.9 Å². The van der Waals surface area contributed by atoms with Crippen LogP contribution < -0.4 is 10.0 Å². The number of anilines is 1. The second-order valence-corrected chi connectivity index (χ2v) is 8.91. The molecule has 1 aromatic rings. The predicted molar refractivity (Wildman–Crippen MR) is 100 cm³/mol. The highest BCUT2D eigenvalue weighted by Crippen LogP contribution is 2.29. The molecule has 7 nitrogen and oxygen atoms in total. The van der Waals surface area contributed by atoms with E-state index in [0.29, 0.717) is 38.3 Å². The molecule has 146 valence electrons. The van der Waals surface area contributed by atoms with Gasteiger partial charge in [-0.25, -0.2) is 8.42 Å². The summed E-state index contributed by atoms with van der Waals surface area (Å²) in [6.45, 7) is 4.91. The number of hydrogen-bond donors (Lipinski definition) is 3. The number of aliphatic hydroxyl groups is 1. The lowest BCUT2D eigenvalue weighted by Gasteiger charge is -2.35. The summed E-state index contributed by atoms with van der Waals surface area (Å²) in [6.07, 6.45) is 1.34. The molecule has 1 fully saturated rings. The second-order valence-electron chi connectivity index (χ2n) is 7.14. The molecule has 1 saturated heterocycles. The van der Waals surface area contributed by atoms with E-state index in [-0.39, 0.29) is 23.7 Å². The normalized spacial score (nSPS) is 18.1. The van der Waals surface area contributed by atoms with E-state index in [0.717, 1.165) is 5.56 Å². The summed E-state index contributed by atoms with van der Waals surface area (Å²) in [7, 11) is -3.64. The minimum atomic E-state index is -3.64. The summed E-state index contributed by atoms with van der Waals surface area (Å²) in [5.74, 6) is -1.34. The molecular weight excluding hydrogens is 356 g/mol. The van der Waals surface area contributed by atoms with Crippen molar-refractivity contribution in [3.8, 4) is 0 Å². The molecule has 2 rings (SSSR count). The van der Waals surface area contributed by atoms with E-state index in [1.54, 1.807) is 19.1 Å². The van der Waals surface area contributed by atoms with Crippen LogP contribution in [0.4, 0.5) is 5.69 Å². The smallest absolute Gasteiger partial charge is 0.233 e. The van der Waals surface area contributed by atoms with E-state index in [1.807, 2.05) is 19.1 Å². The van der Waals surface area contributed by atoms with Gasteiger partial charge in [-0.05, 0) is 31.9 Å². The third-order valence-corrected chi connectivity index (χ3v) is 6.25. The van der Waals surface area contributed by atoms with Gasteiger partial charge in [-0.2, -0.15) is 0 Å². The number of nitrogens with one attached hydrogen (secondary N) is 2. The summed E-state index contributed by atoms with van der Waals surface area (Å²) < 4.78 is 32.3. The molecule has 0 saturated carbocycles. The summed E-state index contributed by atoms with van der Waals surface area (Å²) in [4.78, 5) is 12.3. The highest BCUT2D eigenvalue weighted by Gasteiger charge is 2.33. The molecule has 1 heterocycles. The van der Waals surface area contributed by atoms with Crippen molar-refractivity contribution in [2.24, 2.45) is 11.3 Å². The standard InChI is InChI=1S/C18H28N2O5S/c1-14-3-5-16(6-4-14)20-26(23,24)11-15(2)17(22)19-12-18(13-21)7-9-25-10-8-18/h3-6,15,20-21H,7-13H2,1-2H3,(H,19,22). The molecule has 1 atom stereocenters. The number of aryl methyl sites for hydroxylation is 1. The Morgan fingerprint density at radius 1 is 1.27 bits per heavy atom. The molecule has 8 heteroatoms. The first-order valence-corrected chi connectivity index (χ1v) is 10.4. The van der Waals surface area contributed by atoms with Gasteiger partial charge >= 0.3 is 0 Å². The van der Waals surface area contributed by atoms with E-state index in [2.05, 4.69) is 10.0 Å². The Morgan fingerprint density at radius 2 is 1.88 bits per heavy atom. The van der Waals surface area contributed by atoms with E-state index >= 15 is 0 Å². The van der Waals surface area contributed by atoms with Crippen LogP contribution in [0.15, 0.2) is 24.3 Å². The molecule has 0 aliphatic carbocycles. The lowest BCUT2D eigenvalue weighted by atomic mass is 9.81. The average Bonchev–Trinajstić information content (AvgIpc) is 2.61. The molecule has 1 unspecified atom stereocenters. The molecule has 1 amide bonds. The molecule has 26 heavy (non-hydrogen) atoms. The van der Waals surface area contributed by atoms with Crippen molar-refractivity contribution in [2.45, 2.75) is 26.7 Å². The maximum absolute atomic E-state index is 12.3. The number of carbonyl (C=O) groups is 1. The first-order valence-electron chi connectivity index (χ1n) is 8.79. The van der Waals surface area contributed by atoms with Crippen molar-refractivity contribution in [2.75, 3.05) is 36.8 Å². The van der Waals surface area contributed by atoms with E-state index in [4.69, 9.17) is 4.74 Å². The predicted octanol–water partition coefficient (Wildman–Crippen LogP) is 1.28. The van der Waals surface area contributed by atoms with Gasteiger partial charge < -0.3 is 15.2 Å². The fourth-order valence-corrected chi connectivity index (χ4v) is 4.28. The zero-order valence-corrected chi connectivity index (χ0v) is 16.1. The van der Waals surface area contributed by atoms with Crippen LogP contribution in [-0.4, -0.2) is 51.5 Å². The Bertz CT molecular complexity index is 697. The number of hydrogen-bond acceptors (Lipinski definition) is 5. The van der Waals surface area contributed by atoms with Gasteiger partial charge in [0, 0.05) is 30.9 Å². The van der Waals surface area contributed by atoms with Crippen LogP contribution in [0.5, 0.6) is 0 Å². The molecule has 1 aliphatic rings. The molecular formula is C18H28N2O5S. The van der Waals surface area contributed by atoms with E-state index in [1.165, 1.54) is 0 Å². The fraction of sp³-hybridized carbons (Fsp3) is 0.611. The Morgan fingerprint density at radius 3 is 2.46 bits per heavy atom. The van der Waals surface area contributed by atoms with Crippen molar-refractivity contribution in [1.82, 2.24) is 5.32 Å². The average molecular weight is 384 g/mol. The van der Waals surface area contributed by atoms with Gasteiger partial charge in [0.05, 0.1) is 18.3 Å². The van der Waals surface area contributed by atoms with Gasteiger partial charge in [-0.3, -0.25) is 9.52 Å². The maximum Gasteiger partial charge on any atom is 0.233 e. The topological polar surface area (TPSA) is 105 Å². The Hall–Kier alpha value is -1.64. The quantitative estimate of drug-likeness (QED) is 0.626. The Balaban J connectivity index is 1.87. The second kappa shape index (κ2) is 8.83. The number of aliphatic hydroxyl groups excluding tert-OH is 1. The molecule has 3 N–H and O–H groups in total. The Labute approximate surface area is 155 Å².